The van der Waals surface area contributed by atoms with E-state index in [9.17, 15) is 0 Å². The van der Waals surface area contributed by atoms with E-state index < -0.39 is 0 Å². The number of nitrogens with one attached hydrogen (secondary N) is 1. The minimum Gasteiger partial charge on any atom is -0.355 e. The molecule has 0 spiro atoms. The third kappa shape index (κ3) is 4.31. The van der Waals surface area contributed by atoms with Crippen molar-refractivity contribution >= 4 is 28.4 Å². The van der Waals surface area contributed by atoms with Crippen LogP contribution in [0.5, 0.6) is 0 Å². The van der Waals surface area contributed by atoms with E-state index in [2.05, 4.69) is 102 Å². The summed E-state index contributed by atoms with van der Waals surface area (Å²) in [7, 11) is 2.14. The van der Waals surface area contributed by atoms with Gasteiger partial charge in [-0.3, -0.25) is 0 Å². The Kier molecular flexibility index (Phi) is 5.08. The molecule has 0 bridgehead atoms. The van der Waals surface area contributed by atoms with Gasteiger partial charge in [-0.15, -0.1) is 10.2 Å². The fourth-order valence-corrected chi connectivity index (χ4v) is 4.72. The van der Waals surface area contributed by atoms with Gasteiger partial charge < -0.3 is 10.2 Å². The van der Waals surface area contributed by atoms with Crippen LogP contribution in [0.4, 0.5) is 5.82 Å². The molecule has 1 aliphatic heterocycles. The summed E-state index contributed by atoms with van der Waals surface area (Å²) in [6.45, 7) is 9.11. The lowest BCUT2D eigenvalue weighted by atomic mass is 9.79. The van der Waals surface area contributed by atoms with Gasteiger partial charge in [-0.05, 0) is 81.3 Å². The summed E-state index contributed by atoms with van der Waals surface area (Å²) < 4.78 is 1.19. The average molecular weight is 450 g/mol. The van der Waals surface area contributed by atoms with Crippen LogP contribution in [-0.4, -0.2) is 34.4 Å². The summed E-state index contributed by atoms with van der Waals surface area (Å²) in [5, 5.41) is 12.7. The molecule has 2 heterocycles. The van der Waals surface area contributed by atoms with Crippen molar-refractivity contribution in [3.63, 3.8) is 0 Å². The second-order valence-electron chi connectivity index (χ2n) is 8.32. The van der Waals surface area contributed by atoms with E-state index in [4.69, 9.17) is 0 Å². The highest BCUT2D eigenvalue weighted by atomic mass is 127. The summed E-state index contributed by atoms with van der Waals surface area (Å²) in [6, 6.07) is 12.9. The Morgan fingerprint density at radius 1 is 1.00 bits per heavy atom. The number of piperidine rings is 1. The number of hydrogen-bond acceptors (Lipinski definition) is 4. The molecular weight excluding hydrogens is 423 g/mol. The van der Waals surface area contributed by atoms with Gasteiger partial charge in [0.25, 0.3) is 0 Å². The van der Waals surface area contributed by atoms with Gasteiger partial charge in [0.1, 0.15) is 0 Å². The van der Waals surface area contributed by atoms with E-state index in [-0.39, 0.29) is 11.1 Å². The van der Waals surface area contributed by atoms with Crippen molar-refractivity contribution in [2.75, 3.05) is 11.9 Å². The van der Waals surface area contributed by atoms with E-state index >= 15 is 0 Å². The average Bonchev–Trinajstić information content (AvgIpc) is 2.52. The van der Waals surface area contributed by atoms with E-state index in [0.717, 1.165) is 29.9 Å². The first-order chi connectivity index (χ1) is 11.7. The third-order valence-electron chi connectivity index (χ3n) is 4.88. The van der Waals surface area contributed by atoms with Crippen LogP contribution in [0.25, 0.3) is 11.3 Å². The molecule has 0 amide bonds. The molecule has 1 aromatic heterocycles. The van der Waals surface area contributed by atoms with Crippen molar-refractivity contribution in [3.8, 4) is 11.3 Å². The summed E-state index contributed by atoms with van der Waals surface area (Å²) >= 11 is 2.34. The zero-order valence-electron chi connectivity index (χ0n) is 15.7. The normalized spacial score (nSPS) is 19.6. The summed E-state index contributed by atoms with van der Waals surface area (Å²) in [5.74, 6) is 0.938. The van der Waals surface area contributed by atoms with Crippen molar-refractivity contribution in [1.29, 1.82) is 0 Å². The van der Waals surface area contributed by atoms with Crippen molar-refractivity contribution < 1.29 is 0 Å². The van der Waals surface area contributed by atoms with Gasteiger partial charge in [-0.2, -0.15) is 0 Å². The molecule has 0 radical (unpaired) electrons. The van der Waals surface area contributed by atoms with Crippen LogP contribution in [0.1, 0.15) is 40.5 Å². The zero-order valence-corrected chi connectivity index (χ0v) is 17.8. The first-order valence-electron chi connectivity index (χ1n) is 8.78. The number of hydrogen-bond donors (Lipinski definition) is 1. The highest BCUT2D eigenvalue weighted by Gasteiger charge is 2.39. The van der Waals surface area contributed by atoms with Crippen molar-refractivity contribution in [1.82, 2.24) is 15.5 Å². The van der Waals surface area contributed by atoms with Crippen LogP contribution < -0.4 is 10.2 Å². The van der Waals surface area contributed by atoms with Crippen LogP contribution >= 0.6 is 22.6 Å². The fraction of sp³-hybridized carbons (Fsp3) is 0.500. The monoisotopic (exact) mass is 450 g/mol. The maximum atomic E-state index is 4.52. The smallest absolute Gasteiger partial charge is 0.151 e. The number of benzene rings is 1. The van der Waals surface area contributed by atoms with Gasteiger partial charge in [-0.25, -0.2) is 0 Å². The predicted molar refractivity (Wildman–Crippen MR) is 113 cm³/mol. The molecule has 1 aliphatic rings. The molecule has 3 rings (SSSR count). The SMILES string of the molecule is CN(c1ccc(-c2ccccc2I)nn1)C1CC(C)(C)NC(C)(C)C1. The number of rotatable bonds is 3. The van der Waals surface area contributed by atoms with E-state index in [1.807, 2.05) is 12.1 Å². The third-order valence-corrected chi connectivity index (χ3v) is 5.82. The second kappa shape index (κ2) is 6.83. The molecule has 1 fully saturated rings. The van der Waals surface area contributed by atoms with E-state index in [1.165, 1.54) is 3.57 Å². The minimum absolute atomic E-state index is 0.119. The van der Waals surface area contributed by atoms with Crippen LogP contribution in [0.3, 0.4) is 0 Å². The molecule has 4 nitrogen and oxygen atoms in total. The molecule has 25 heavy (non-hydrogen) atoms. The summed E-state index contributed by atoms with van der Waals surface area (Å²) in [6.07, 6.45) is 2.18. The molecule has 2 aromatic rings. The molecule has 1 N–H and O–H groups in total. The zero-order chi connectivity index (χ0) is 18.2. The molecule has 0 unspecified atom stereocenters. The van der Waals surface area contributed by atoms with Crippen LogP contribution in [-0.2, 0) is 0 Å². The van der Waals surface area contributed by atoms with Crippen LogP contribution in [0, 0.1) is 3.57 Å². The first-order valence-corrected chi connectivity index (χ1v) is 9.86. The highest BCUT2D eigenvalue weighted by molar-refractivity contribution is 14.1. The Balaban J connectivity index is 1.81. The van der Waals surface area contributed by atoms with E-state index in [1.54, 1.807) is 0 Å². The maximum absolute atomic E-state index is 4.52. The lowest BCUT2D eigenvalue weighted by Gasteiger charge is -2.49. The largest absolute Gasteiger partial charge is 0.355 e. The number of aromatic nitrogens is 2. The Bertz CT molecular complexity index is 724. The molecule has 5 heteroatoms. The van der Waals surface area contributed by atoms with Crippen LogP contribution in [0.15, 0.2) is 36.4 Å². The minimum atomic E-state index is 0.119. The van der Waals surface area contributed by atoms with Gasteiger partial charge in [0, 0.05) is 33.3 Å². The summed E-state index contributed by atoms with van der Waals surface area (Å²) in [5.41, 5.74) is 2.30. The highest BCUT2D eigenvalue weighted by Crippen LogP contribution is 2.33. The van der Waals surface area contributed by atoms with E-state index in [0.29, 0.717) is 6.04 Å². The Labute approximate surface area is 164 Å². The van der Waals surface area contributed by atoms with Gasteiger partial charge >= 0.3 is 0 Å². The fourth-order valence-electron chi connectivity index (χ4n) is 4.06. The van der Waals surface area contributed by atoms with Gasteiger partial charge in [0.15, 0.2) is 5.82 Å². The molecule has 1 aromatic carbocycles. The van der Waals surface area contributed by atoms with Crippen molar-refractivity contribution in [3.05, 3.63) is 40.0 Å². The maximum Gasteiger partial charge on any atom is 0.151 e. The van der Waals surface area contributed by atoms with Crippen LogP contribution in [0.2, 0.25) is 0 Å². The lowest BCUT2D eigenvalue weighted by Crippen LogP contribution is -2.62. The van der Waals surface area contributed by atoms with Crippen molar-refractivity contribution in [2.24, 2.45) is 0 Å². The standard InChI is InChI=1S/C20H27IN4/c1-19(2)12-14(13-20(3,4)24-19)25(5)18-11-10-17(22-23-18)15-8-6-7-9-16(15)21/h6-11,14,24H,12-13H2,1-5H3. The topological polar surface area (TPSA) is 41.1 Å². The molecule has 134 valence electrons. The molecule has 0 saturated carbocycles. The number of anilines is 1. The molecule has 0 aliphatic carbocycles. The quantitative estimate of drug-likeness (QED) is 0.700. The van der Waals surface area contributed by atoms with Crippen molar-refractivity contribution in [2.45, 2.75) is 57.7 Å². The second-order valence-corrected chi connectivity index (χ2v) is 9.48. The predicted octanol–water partition coefficient (Wildman–Crippen LogP) is 4.49. The molecular formula is C20H27IN4. The Morgan fingerprint density at radius 3 is 2.20 bits per heavy atom. The summed E-state index contributed by atoms with van der Waals surface area (Å²) in [4.78, 5) is 2.29. The Morgan fingerprint density at radius 2 is 1.64 bits per heavy atom. The van der Waals surface area contributed by atoms with Gasteiger partial charge in [0.05, 0.1) is 5.69 Å². The number of nitrogens with zero attached hydrogens (tertiary/aromatic N) is 3. The first kappa shape index (κ1) is 18.6. The van der Waals surface area contributed by atoms with Gasteiger partial charge in [0.2, 0.25) is 0 Å². The van der Waals surface area contributed by atoms with Gasteiger partial charge in [-0.1, -0.05) is 18.2 Å². The Hall–Kier alpha value is -1.21. The number of halogens is 1. The molecule has 1 saturated heterocycles. The molecule has 0 atom stereocenters. The lowest BCUT2D eigenvalue weighted by molar-refractivity contribution is 0.160.